The zero-order valence-corrected chi connectivity index (χ0v) is 40.1. The second kappa shape index (κ2) is 24.4. The molecule has 0 unspecified atom stereocenters. The van der Waals surface area contributed by atoms with Crippen LogP contribution in [-0.2, 0) is 52.8 Å². The zero-order valence-electron chi connectivity index (χ0n) is 39.3. The molecule has 17 heteroatoms. The lowest BCUT2D eigenvalue weighted by Gasteiger charge is -2.30. The lowest BCUT2D eigenvalue weighted by molar-refractivity contribution is -0.135. The SMILES string of the molecule is CSCC[C@H](NC(=O)[C@H](CC(C)C)NC(=O)[C@H](Cc1c[nH]c2ccccc12)NC(=O)[C@H](Cc1ccccc1)NC(=O)[C@@H](Cc1ccccc1)NC(=O)[C@@H]1CCCN1C(=O)OC(C)(C)C)C(N)=O. The van der Waals surface area contributed by atoms with Gasteiger partial charge in [0.25, 0.3) is 0 Å². The van der Waals surface area contributed by atoms with Gasteiger partial charge in [-0.2, -0.15) is 11.8 Å². The van der Waals surface area contributed by atoms with Gasteiger partial charge in [0.15, 0.2) is 0 Å². The third-order valence-electron chi connectivity index (χ3n) is 11.4. The Morgan fingerprint density at radius 3 is 1.78 bits per heavy atom. The van der Waals surface area contributed by atoms with E-state index < -0.39 is 83.4 Å². The number of amides is 7. The summed E-state index contributed by atoms with van der Waals surface area (Å²) in [4.78, 5) is 102. The third kappa shape index (κ3) is 15.6. The molecule has 1 saturated heterocycles. The predicted molar refractivity (Wildman–Crippen MR) is 260 cm³/mol. The number of aromatic amines is 1. The molecule has 1 aliphatic heterocycles. The van der Waals surface area contributed by atoms with Crippen LogP contribution < -0.4 is 32.3 Å². The summed E-state index contributed by atoms with van der Waals surface area (Å²) >= 11 is 1.50. The van der Waals surface area contributed by atoms with Crippen molar-refractivity contribution in [1.29, 1.82) is 0 Å². The predicted octanol–water partition coefficient (Wildman–Crippen LogP) is 4.30. The van der Waals surface area contributed by atoms with Gasteiger partial charge in [0, 0.05) is 42.9 Å². The molecule has 6 atom stereocenters. The van der Waals surface area contributed by atoms with Crippen LogP contribution in [0.2, 0.25) is 0 Å². The Morgan fingerprint density at radius 2 is 1.22 bits per heavy atom. The van der Waals surface area contributed by atoms with Gasteiger partial charge < -0.3 is 42.0 Å². The van der Waals surface area contributed by atoms with Gasteiger partial charge in [-0.3, -0.25) is 33.7 Å². The number of fused-ring (bicyclic) bond motifs is 1. The molecule has 0 aliphatic carbocycles. The standard InChI is InChI=1S/C50H66N8O8S/c1-31(2)26-38(44(60)53-37(43(51)59)23-25-67-6)54-47(63)41(29-34-30-52-36-21-14-13-20-35(34)36)56-45(61)39(27-32-16-9-7-10-17-32)55-46(62)40(28-33-18-11-8-12-19-33)57-48(64)42-22-15-24-58(42)49(65)66-50(3,4)5/h7-14,16-21,30-31,37-42,52H,15,22-29H2,1-6H3,(H2,51,59)(H,53,60)(H,54,63)(H,55,62)(H,56,61)(H,57,64)/t37-,38-,39-,40+,41-,42-/m0/s1. The van der Waals surface area contributed by atoms with Crippen LogP contribution in [0.1, 0.15) is 77.0 Å². The number of likely N-dealkylation sites (tertiary alicyclic amines) is 1. The lowest BCUT2D eigenvalue weighted by atomic mass is 9.99. The van der Waals surface area contributed by atoms with Gasteiger partial charge in [-0.25, -0.2) is 4.79 Å². The van der Waals surface area contributed by atoms with Crippen LogP contribution in [0, 0.1) is 5.92 Å². The van der Waals surface area contributed by atoms with E-state index >= 15 is 0 Å². The molecule has 0 radical (unpaired) electrons. The fourth-order valence-corrected chi connectivity index (χ4v) is 8.48. The van der Waals surface area contributed by atoms with E-state index in [2.05, 4.69) is 31.6 Å². The summed E-state index contributed by atoms with van der Waals surface area (Å²) in [7, 11) is 0. The summed E-state index contributed by atoms with van der Waals surface area (Å²) in [6.07, 6.45) is 4.55. The Bertz CT molecular complexity index is 2320. The fraction of sp³-hybridized carbons (Fsp3) is 0.460. The van der Waals surface area contributed by atoms with Gasteiger partial charge in [0.2, 0.25) is 35.4 Å². The fourth-order valence-electron chi connectivity index (χ4n) is 8.01. The van der Waals surface area contributed by atoms with Crippen molar-refractivity contribution in [3.05, 3.63) is 108 Å². The Hall–Kier alpha value is -6.36. The van der Waals surface area contributed by atoms with E-state index in [9.17, 15) is 33.6 Å². The molecule has 0 saturated carbocycles. The number of carbonyl (C=O) groups is 7. The average molecular weight is 939 g/mol. The van der Waals surface area contributed by atoms with E-state index in [1.807, 2.05) is 92.9 Å². The molecule has 5 rings (SSSR count). The number of nitrogens with two attached hydrogens (primary N) is 1. The Kier molecular flexibility index (Phi) is 18.8. The van der Waals surface area contributed by atoms with E-state index in [0.717, 1.165) is 16.5 Å². The zero-order chi connectivity index (χ0) is 48.7. The number of rotatable bonds is 22. The number of nitrogens with zero attached hydrogens (tertiary/aromatic N) is 1. The number of hydrogen-bond donors (Lipinski definition) is 7. The molecule has 3 aromatic carbocycles. The van der Waals surface area contributed by atoms with E-state index in [-0.39, 0.29) is 31.6 Å². The topological polar surface area (TPSA) is 234 Å². The highest BCUT2D eigenvalue weighted by atomic mass is 32.2. The summed E-state index contributed by atoms with van der Waals surface area (Å²) in [6.45, 7) is 9.33. The van der Waals surface area contributed by atoms with Crippen molar-refractivity contribution in [2.24, 2.45) is 11.7 Å². The largest absolute Gasteiger partial charge is 0.444 e. The number of para-hydroxylation sites is 1. The van der Waals surface area contributed by atoms with Crippen LogP contribution >= 0.6 is 11.8 Å². The van der Waals surface area contributed by atoms with Gasteiger partial charge in [0.05, 0.1) is 0 Å². The van der Waals surface area contributed by atoms with Gasteiger partial charge >= 0.3 is 6.09 Å². The average Bonchev–Trinajstić information content (AvgIpc) is 3.95. The van der Waals surface area contributed by atoms with E-state index in [1.165, 1.54) is 16.7 Å². The van der Waals surface area contributed by atoms with Crippen LogP contribution in [0.25, 0.3) is 10.9 Å². The number of benzene rings is 3. The normalized spacial score (nSPS) is 16.0. The number of H-pyrrole nitrogens is 1. The number of carbonyl (C=O) groups excluding carboxylic acids is 7. The minimum Gasteiger partial charge on any atom is -0.444 e. The van der Waals surface area contributed by atoms with E-state index in [1.54, 1.807) is 39.1 Å². The van der Waals surface area contributed by atoms with Crippen molar-refractivity contribution >= 4 is 64.2 Å². The van der Waals surface area contributed by atoms with E-state index in [0.29, 0.717) is 42.7 Å². The summed E-state index contributed by atoms with van der Waals surface area (Å²) in [6, 6.07) is 19.1. The second-order valence-corrected chi connectivity index (χ2v) is 19.4. The molecule has 1 fully saturated rings. The smallest absolute Gasteiger partial charge is 0.410 e. The first-order chi connectivity index (χ1) is 31.9. The Labute approximate surface area is 397 Å². The Balaban J connectivity index is 1.45. The van der Waals surface area contributed by atoms with Gasteiger partial charge in [-0.1, -0.05) is 92.7 Å². The number of primary amides is 1. The molecule has 67 heavy (non-hydrogen) atoms. The van der Waals surface area contributed by atoms with Gasteiger partial charge in [-0.15, -0.1) is 0 Å². The van der Waals surface area contributed by atoms with Crippen LogP contribution in [0.5, 0.6) is 0 Å². The highest BCUT2D eigenvalue weighted by Crippen LogP contribution is 2.23. The molecule has 2 heterocycles. The summed E-state index contributed by atoms with van der Waals surface area (Å²) < 4.78 is 5.59. The van der Waals surface area contributed by atoms with Crippen molar-refractivity contribution in [3.8, 4) is 0 Å². The lowest BCUT2D eigenvalue weighted by Crippen LogP contribution is -2.60. The molecular formula is C50H66N8O8S. The number of ether oxygens (including phenoxy) is 1. The van der Waals surface area contributed by atoms with Crippen LogP contribution in [0.15, 0.2) is 91.1 Å². The number of nitrogens with one attached hydrogen (secondary N) is 6. The van der Waals surface area contributed by atoms with Crippen molar-refractivity contribution in [2.45, 2.75) is 121 Å². The first-order valence-corrected chi connectivity index (χ1v) is 24.2. The quantitative estimate of drug-likeness (QED) is 0.0595. The summed E-state index contributed by atoms with van der Waals surface area (Å²) in [5.41, 5.74) is 7.84. The van der Waals surface area contributed by atoms with Crippen molar-refractivity contribution in [1.82, 2.24) is 36.5 Å². The highest BCUT2D eigenvalue weighted by molar-refractivity contribution is 7.98. The van der Waals surface area contributed by atoms with E-state index in [4.69, 9.17) is 10.5 Å². The second-order valence-electron chi connectivity index (χ2n) is 18.4. The first-order valence-electron chi connectivity index (χ1n) is 22.8. The maximum Gasteiger partial charge on any atom is 0.410 e. The maximum atomic E-state index is 14.8. The molecule has 1 aliphatic rings. The molecule has 8 N–H and O–H groups in total. The Morgan fingerprint density at radius 1 is 0.716 bits per heavy atom. The summed E-state index contributed by atoms with van der Waals surface area (Å²) in [5, 5.41) is 15.1. The highest BCUT2D eigenvalue weighted by Gasteiger charge is 2.39. The molecule has 1 aromatic heterocycles. The van der Waals surface area contributed by atoms with Crippen molar-refractivity contribution in [2.75, 3.05) is 18.6 Å². The minimum atomic E-state index is -1.26. The van der Waals surface area contributed by atoms with Crippen molar-refractivity contribution < 1.29 is 38.3 Å². The maximum absolute atomic E-state index is 14.8. The number of aromatic nitrogens is 1. The van der Waals surface area contributed by atoms with Crippen LogP contribution in [0.3, 0.4) is 0 Å². The molecular weight excluding hydrogens is 873 g/mol. The number of thioether (sulfide) groups is 1. The molecule has 7 amide bonds. The van der Waals surface area contributed by atoms with Crippen molar-refractivity contribution in [3.63, 3.8) is 0 Å². The molecule has 4 aromatic rings. The molecule has 0 spiro atoms. The molecule has 360 valence electrons. The van der Waals surface area contributed by atoms with Crippen LogP contribution in [0.4, 0.5) is 4.79 Å². The summed E-state index contributed by atoms with van der Waals surface area (Å²) in [5.74, 6) is -3.32. The molecule has 0 bridgehead atoms. The molecule has 16 nitrogen and oxygen atoms in total. The monoisotopic (exact) mass is 938 g/mol. The minimum absolute atomic E-state index is 0.00344. The van der Waals surface area contributed by atoms with Gasteiger partial charge in [-0.05, 0) is 87.1 Å². The third-order valence-corrected chi connectivity index (χ3v) is 12.0. The van der Waals surface area contributed by atoms with Crippen LogP contribution in [-0.4, -0.2) is 112 Å². The number of hydrogen-bond acceptors (Lipinski definition) is 9. The first kappa shape index (κ1) is 51.6. The van der Waals surface area contributed by atoms with Gasteiger partial charge in [0.1, 0.15) is 41.9 Å².